The molecule has 0 spiro atoms. The van der Waals surface area contributed by atoms with Gasteiger partial charge in [0, 0.05) is 30.2 Å². The molecule has 34 heavy (non-hydrogen) atoms. The molecule has 0 aliphatic carbocycles. The Bertz CT molecular complexity index is 1570. The molecule has 12 nitrogen and oxygen atoms in total. The second kappa shape index (κ2) is 8.60. The number of aromatic amines is 1. The number of nitrogens with zero attached hydrogens (tertiary/aromatic N) is 8. The summed E-state index contributed by atoms with van der Waals surface area (Å²) in [6, 6.07) is 12.3. The van der Waals surface area contributed by atoms with Gasteiger partial charge in [-0.25, -0.2) is 15.0 Å². The number of aromatic nitrogens is 6. The zero-order valence-corrected chi connectivity index (χ0v) is 17.3. The number of benzene rings is 2. The van der Waals surface area contributed by atoms with Gasteiger partial charge in [0.25, 0.3) is 11.9 Å². The number of azo groups is 1. The Morgan fingerprint density at radius 3 is 2.71 bits per heavy atom. The number of rotatable bonds is 5. The molecule has 0 saturated heterocycles. The number of H-pyrrole nitrogens is 1. The van der Waals surface area contributed by atoms with Gasteiger partial charge in [0.1, 0.15) is 17.3 Å². The van der Waals surface area contributed by atoms with Crippen molar-refractivity contribution >= 4 is 34.1 Å². The molecular formula is C22H14N10O2. The van der Waals surface area contributed by atoms with Crippen molar-refractivity contribution in [2.24, 2.45) is 10.2 Å². The molecule has 0 aliphatic heterocycles. The van der Waals surface area contributed by atoms with Crippen molar-refractivity contribution in [3.63, 3.8) is 0 Å². The summed E-state index contributed by atoms with van der Waals surface area (Å²) in [4.78, 5) is 27.8. The van der Waals surface area contributed by atoms with Crippen LogP contribution in [-0.2, 0) is 0 Å². The molecule has 0 atom stereocenters. The molecule has 0 radical (unpaired) electrons. The van der Waals surface area contributed by atoms with Gasteiger partial charge in [0.05, 0.1) is 11.8 Å². The van der Waals surface area contributed by atoms with Crippen molar-refractivity contribution in [1.29, 1.82) is 5.26 Å². The molecule has 0 fully saturated rings. The standard InChI is InChI=1S/C22H14N10O2/c23-11-14-12-28-32(22-26-6-3-7-27-22)19(14)31-30-17-15-5-2-1-4-13(15)10-16(18(17)33)20(34)29-21-24-8-9-25-21/h1-10,12,33H,(H2,24,25,29,34). The predicted octanol–water partition coefficient (Wildman–Crippen LogP) is 3.78. The van der Waals surface area contributed by atoms with Crippen molar-refractivity contribution in [2.45, 2.75) is 0 Å². The first-order chi connectivity index (χ1) is 16.7. The van der Waals surface area contributed by atoms with E-state index in [1.54, 1.807) is 42.6 Å². The molecule has 5 aromatic rings. The summed E-state index contributed by atoms with van der Waals surface area (Å²) in [6.45, 7) is 0. The number of hydrogen-bond acceptors (Lipinski definition) is 9. The number of anilines is 1. The Labute approximate surface area is 191 Å². The maximum atomic E-state index is 12.8. The van der Waals surface area contributed by atoms with Crippen LogP contribution in [0.2, 0.25) is 0 Å². The van der Waals surface area contributed by atoms with Gasteiger partial charge in [0.2, 0.25) is 5.95 Å². The first-order valence-electron chi connectivity index (χ1n) is 9.88. The first-order valence-corrected chi connectivity index (χ1v) is 9.88. The third-order valence-electron chi connectivity index (χ3n) is 4.82. The van der Waals surface area contributed by atoms with Crippen molar-refractivity contribution in [2.75, 3.05) is 5.32 Å². The van der Waals surface area contributed by atoms with Crippen molar-refractivity contribution in [3.05, 3.63) is 78.5 Å². The zero-order chi connectivity index (χ0) is 23.5. The number of amides is 1. The maximum absolute atomic E-state index is 12.8. The highest BCUT2D eigenvalue weighted by atomic mass is 16.3. The van der Waals surface area contributed by atoms with Crippen LogP contribution < -0.4 is 5.32 Å². The molecule has 1 amide bonds. The number of carbonyl (C=O) groups excluding carboxylic acids is 1. The summed E-state index contributed by atoms with van der Waals surface area (Å²) in [7, 11) is 0. The molecule has 0 saturated carbocycles. The minimum Gasteiger partial charge on any atom is -0.505 e. The Kier molecular flexibility index (Phi) is 5.17. The molecule has 0 bridgehead atoms. The number of nitrogens with one attached hydrogen (secondary N) is 2. The number of fused-ring (bicyclic) bond motifs is 1. The predicted molar refractivity (Wildman–Crippen MR) is 120 cm³/mol. The van der Waals surface area contributed by atoms with Crippen LogP contribution in [0.5, 0.6) is 5.75 Å². The average molecular weight is 450 g/mol. The highest BCUT2D eigenvalue weighted by molar-refractivity contribution is 6.11. The van der Waals surface area contributed by atoms with E-state index in [1.165, 1.54) is 29.5 Å². The first kappa shape index (κ1) is 20.5. The Morgan fingerprint density at radius 2 is 1.94 bits per heavy atom. The molecule has 164 valence electrons. The smallest absolute Gasteiger partial charge is 0.261 e. The Hall–Kier alpha value is -5.44. The fourth-order valence-electron chi connectivity index (χ4n) is 3.26. The normalized spacial score (nSPS) is 11.0. The van der Waals surface area contributed by atoms with Crippen LogP contribution in [0.4, 0.5) is 17.5 Å². The van der Waals surface area contributed by atoms with Gasteiger partial charge in [0.15, 0.2) is 11.6 Å². The van der Waals surface area contributed by atoms with Crippen LogP contribution in [0, 0.1) is 11.3 Å². The van der Waals surface area contributed by atoms with Gasteiger partial charge in [-0.05, 0) is 17.5 Å². The molecular weight excluding hydrogens is 436 g/mol. The van der Waals surface area contributed by atoms with Crippen molar-refractivity contribution in [1.82, 2.24) is 29.7 Å². The van der Waals surface area contributed by atoms with Gasteiger partial charge < -0.3 is 10.1 Å². The minimum atomic E-state index is -0.588. The highest BCUT2D eigenvalue weighted by Crippen LogP contribution is 2.39. The molecule has 3 N–H and O–H groups in total. The fraction of sp³-hybridized carbons (Fsp3) is 0. The molecule has 0 unspecified atom stereocenters. The number of carbonyl (C=O) groups is 1. The minimum absolute atomic E-state index is 0.0237. The van der Waals surface area contributed by atoms with Gasteiger partial charge in [-0.2, -0.15) is 15.0 Å². The van der Waals surface area contributed by atoms with Crippen LogP contribution in [0.1, 0.15) is 15.9 Å². The highest BCUT2D eigenvalue weighted by Gasteiger charge is 2.20. The molecule has 2 aromatic carbocycles. The quantitative estimate of drug-likeness (QED) is 0.342. The number of phenols is 1. The largest absolute Gasteiger partial charge is 0.505 e. The summed E-state index contributed by atoms with van der Waals surface area (Å²) < 4.78 is 1.26. The van der Waals surface area contributed by atoms with E-state index in [1.807, 2.05) is 6.07 Å². The Morgan fingerprint density at radius 1 is 1.12 bits per heavy atom. The monoisotopic (exact) mass is 450 g/mol. The molecule has 3 heterocycles. The van der Waals surface area contributed by atoms with Gasteiger partial charge in [-0.1, -0.05) is 24.3 Å². The van der Waals surface area contributed by atoms with E-state index < -0.39 is 5.91 Å². The zero-order valence-electron chi connectivity index (χ0n) is 17.3. The van der Waals surface area contributed by atoms with Crippen LogP contribution in [-0.4, -0.2) is 40.7 Å². The van der Waals surface area contributed by atoms with Crippen molar-refractivity contribution in [3.8, 4) is 17.8 Å². The summed E-state index contributed by atoms with van der Waals surface area (Å²) >= 11 is 0. The van der Waals surface area contributed by atoms with E-state index >= 15 is 0 Å². The lowest BCUT2D eigenvalue weighted by atomic mass is 10.0. The van der Waals surface area contributed by atoms with Crippen LogP contribution in [0.25, 0.3) is 16.7 Å². The van der Waals surface area contributed by atoms with E-state index in [2.05, 4.69) is 40.6 Å². The number of imidazole rings is 1. The third-order valence-corrected chi connectivity index (χ3v) is 4.82. The molecule has 12 heteroatoms. The Balaban J connectivity index is 1.62. The number of aromatic hydroxyl groups is 1. The second-order valence-electron chi connectivity index (χ2n) is 6.89. The van der Waals surface area contributed by atoms with E-state index in [-0.39, 0.29) is 40.3 Å². The fourth-order valence-corrected chi connectivity index (χ4v) is 3.26. The number of hydrogen-bond donors (Lipinski definition) is 3. The van der Waals surface area contributed by atoms with Crippen LogP contribution >= 0.6 is 0 Å². The lowest BCUT2D eigenvalue weighted by Crippen LogP contribution is -2.13. The van der Waals surface area contributed by atoms with Crippen molar-refractivity contribution < 1.29 is 9.90 Å². The van der Waals surface area contributed by atoms with E-state index in [0.717, 1.165) is 0 Å². The average Bonchev–Trinajstić information content (AvgIpc) is 3.53. The van der Waals surface area contributed by atoms with E-state index in [0.29, 0.717) is 10.8 Å². The van der Waals surface area contributed by atoms with E-state index in [9.17, 15) is 15.2 Å². The topological polar surface area (TPSA) is 170 Å². The third kappa shape index (κ3) is 3.69. The second-order valence-corrected chi connectivity index (χ2v) is 6.89. The lowest BCUT2D eigenvalue weighted by molar-refractivity contribution is 0.102. The van der Waals surface area contributed by atoms with Gasteiger partial charge in [-0.15, -0.1) is 10.2 Å². The van der Waals surface area contributed by atoms with Crippen LogP contribution in [0.3, 0.4) is 0 Å². The summed E-state index contributed by atoms with van der Waals surface area (Å²) in [5, 5.41) is 36.8. The van der Waals surface area contributed by atoms with E-state index in [4.69, 9.17) is 0 Å². The molecule has 5 rings (SSSR count). The number of phenolic OH excluding ortho intramolecular Hbond substituents is 1. The lowest BCUT2D eigenvalue weighted by Gasteiger charge is -2.10. The summed E-state index contributed by atoms with van der Waals surface area (Å²) in [6.07, 6.45) is 7.41. The summed E-state index contributed by atoms with van der Waals surface area (Å²) in [5.41, 5.74) is 0.157. The molecule has 0 aliphatic rings. The van der Waals surface area contributed by atoms with Crippen LogP contribution in [0.15, 0.2) is 77.6 Å². The molecule has 3 aromatic heterocycles. The van der Waals surface area contributed by atoms with Gasteiger partial charge >= 0.3 is 0 Å². The SMILES string of the molecule is N#Cc1cnn(-c2ncccn2)c1N=Nc1c(O)c(C(=O)Nc2ncc[nH]2)cc2ccccc12. The van der Waals surface area contributed by atoms with Gasteiger partial charge in [-0.3, -0.25) is 10.1 Å². The number of nitriles is 1. The summed E-state index contributed by atoms with van der Waals surface area (Å²) in [5.74, 6) is -0.477. The maximum Gasteiger partial charge on any atom is 0.261 e.